The second kappa shape index (κ2) is 7.28. The molecule has 1 spiro atoms. The molecule has 0 aromatic heterocycles. The van der Waals surface area contributed by atoms with Crippen molar-refractivity contribution < 1.29 is 37.3 Å². The van der Waals surface area contributed by atoms with Gasteiger partial charge >= 0.3 is 12.1 Å². The molecule has 6 nitrogen and oxygen atoms in total. The number of carbonyl (C=O) groups is 2. The van der Waals surface area contributed by atoms with Crippen molar-refractivity contribution in [3.8, 4) is 11.5 Å². The molecule has 1 amide bonds. The van der Waals surface area contributed by atoms with Crippen LogP contribution in [0.1, 0.15) is 19.3 Å². The predicted molar refractivity (Wildman–Crippen MR) is 87.5 cm³/mol. The number of likely N-dealkylation sites (tertiary alicyclic amines) is 1. The molecule has 1 heterocycles. The molecule has 148 valence electrons. The number of piperidine rings is 1. The van der Waals surface area contributed by atoms with E-state index in [1.807, 2.05) is 0 Å². The Hall–Kier alpha value is -2.45. The number of ether oxygens (including phenoxy) is 2. The van der Waals surface area contributed by atoms with Crippen LogP contribution >= 0.6 is 0 Å². The normalized spacial score (nSPS) is 21.0. The van der Waals surface area contributed by atoms with E-state index < -0.39 is 18.8 Å². The van der Waals surface area contributed by atoms with Gasteiger partial charge in [0, 0.05) is 13.1 Å². The number of aliphatic carboxylic acids is 1. The standard InChI is InChI=1S/C18H20F3NO5/c19-18(20,21)11-27-14-4-2-1-3-13(14)26-10-15(23)22-7-5-17(6-8-22)9-12(17)16(24)25/h1-4,12H,5-11H2,(H,24,25). The van der Waals surface area contributed by atoms with Crippen molar-refractivity contribution in [3.05, 3.63) is 24.3 Å². The highest BCUT2D eigenvalue weighted by Crippen LogP contribution is 2.59. The van der Waals surface area contributed by atoms with Crippen molar-refractivity contribution in [1.82, 2.24) is 4.90 Å². The van der Waals surface area contributed by atoms with Crippen LogP contribution < -0.4 is 9.47 Å². The van der Waals surface area contributed by atoms with Crippen molar-refractivity contribution in [2.24, 2.45) is 11.3 Å². The topological polar surface area (TPSA) is 76.1 Å². The van der Waals surface area contributed by atoms with Gasteiger partial charge in [-0.15, -0.1) is 0 Å². The van der Waals surface area contributed by atoms with E-state index in [0.29, 0.717) is 32.4 Å². The van der Waals surface area contributed by atoms with Crippen LogP contribution in [0.4, 0.5) is 13.2 Å². The maximum atomic E-state index is 12.3. The van der Waals surface area contributed by atoms with Gasteiger partial charge in [-0.1, -0.05) is 12.1 Å². The number of carboxylic acids is 1. The smallest absolute Gasteiger partial charge is 0.422 e. The van der Waals surface area contributed by atoms with Gasteiger partial charge in [0.2, 0.25) is 0 Å². The summed E-state index contributed by atoms with van der Waals surface area (Å²) in [4.78, 5) is 25.0. The van der Waals surface area contributed by atoms with Gasteiger partial charge in [0.15, 0.2) is 24.7 Å². The zero-order valence-electron chi connectivity index (χ0n) is 14.5. The highest BCUT2D eigenvalue weighted by atomic mass is 19.4. The first-order valence-corrected chi connectivity index (χ1v) is 8.62. The molecule has 3 rings (SSSR count). The van der Waals surface area contributed by atoms with E-state index in [-0.39, 0.29) is 35.3 Å². The molecule has 1 unspecified atom stereocenters. The van der Waals surface area contributed by atoms with Crippen LogP contribution in [0.2, 0.25) is 0 Å². The lowest BCUT2D eigenvalue weighted by Gasteiger charge is -2.32. The number of alkyl halides is 3. The SMILES string of the molecule is O=C(O)C1CC12CCN(C(=O)COc1ccccc1OCC(F)(F)F)CC2. The zero-order valence-corrected chi connectivity index (χ0v) is 14.5. The zero-order chi connectivity index (χ0) is 19.7. The average Bonchev–Trinajstić information content (AvgIpc) is 3.32. The molecule has 9 heteroatoms. The summed E-state index contributed by atoms with van der Waals surface area (Å²) >= 11 is 0. The second-order valence-corrected chi connectivity index (χ2v) is 6.98. The molecule has 0 bridgehead atoms. The summed E-state index contributed by atoms with van der Waals surface area (Å²) in [5.74, 6) is -1.40. The van der Waals surface area contributed by atoms with E-state index in [1.165, 1.54) is 18.2 Å². The van der Waals surface area contributed by atoms with Crippen molar-refractivity contribution >= 4 is 11.9 Å². The summed E-state index contributed by atoms with van der Waals surface area (Å²) in [6, 6.07) is 5.87. The Labute approximate surface area is 153 Å². The number of para-hydroxylation sites is 2. The molecule has 1 aromatic carbocycles. The molecule has 1 saturated heterocycles. The Balaban J connectivity index is 1.50. The van der Waals surface area contributed by atoms with E-state index in [1.54, 1.807) is 11.0 Å². The number of carbonyl (C=O) groups excluding carboxylic acids is 1. The summed E-state index contributed by atoms with van der Waals surface area (Å²) in [7, 11) is 0. The molecule has 1 atom stereocenters. The van der Waals surface area contributed by atoms with Gasteiger partial charge < -0.3 is 19.5 Å². The maximum Gasteiger partial charge on any atom is 0.422 e. The second-order valence-electron chi connectivity index (χ2n) is 6.98. The lowest BCUT2D eigenvalue weighted by Crippen LogP contribution is -2.42. The Morgan fingerprint density at radius 1 is 1.15 bits per heavy atom. The molecule has 1 aliphatic heterocycles. The highest BCUT2D eigenvalue weighted by molar-refractivity contribution is 5.78. The van der Waals surface area contributed by atoms with Gasteiger partial charge in [-0.3, -0.25) is 9.59 Å². The van der Waals surface area contributed by atoms with E-state index in [9.17, 15) is 22.8 Å². The van der Waals surface area contributed by atoms with Crippen LogP contribution in [0.3, 0.4) is 0 Å². The Kier molecular flexibility index (Phi) is 5.21. The monoisotopic (exact) mass is 387 g/mol. The van der Waals surface area contributed by atoms with Crippen LogP contribution in [0.25, 0.3) is 0 Å². The molecule has 0 radical (unpaired) electrons. The average molecular weight is 387 g/mol. The van der Waals surface area contributed by atoms with Crippen LogP contribution in [0.5, 0.6) is 11.5 Å². The third kappa shape index (κ3) is 4.64. The summed E-state index contributed by atoms with van der Waals surface area (Å²) < 4.78 is 47.0. The first kappa shape index (κ1) is 19.3. The lowest BCUT2D eigenvalue weighted by molar-refractivity contribution is -0.153. The minimum atomic E-state index is -4.47. The molecule has 1 N–H and O–H groups in total. The van der Waals surface area contributed by atoms with Gasteiger partial charge in [0.25, 0.3) is 5.91 Å². The van der Waals surface area contributed by atoms with Crippen LogP contribution in [0.15, 0.2) is 24.3 Å². The van der Waals surface area contributed by atoms with Crippen molar-refractivity contribution in [1.29, 1.82) is 0 Å². The fourth-order valence-corrected chi connectivity index (χ4v) is 3.53. The fraction of sp³-hybridized carbons (Fsp3) is 0.556. The molecule has 2 aliphatic rings. The van der Waals surface area contributed by atoms with E-state index >= 15 is 0 Å². The molecular weight excluding hydrogens is 367 g/mol. The largest absolute Gasteiger partial charge is 0.481 e. The third-order valence-corrected chi connectivity index (χ3v) is 5.19. The Morgan fingerprint density at radius 3 is 2.26 bits per heavy atom. The number of benzene rings is 1. The highest BCUT2D eigenvalue weighted by Gasteiger charge is 2.59. The van der Waals surface area contributed by atoms with Crippen LogP contribution in [-0.2, 0) is 9.59 Å². The predicted octanol–water partition coefficient (Wildman–Crippen LogP) is 2.72. The number of halogens is 3. The maximum absolute atomic E-state index is 12.3. The summed E-state index contributed by atoms with van der Waals surface area (Å²) in [5.41, 5.74) is -0.179. The minimum Gasteiger partial charge on any atom is -0.481 e. The van der Waals surface area contributed by atoms with Crippen molar-refractivity contribution in [2.75, 3.05) is 26.3 Å². The Morgan fingerprint density at radius 2 is 1.74 bits per heavy atom. The lowest BCUT2D eigenvalue weighted by atomic mass is 9.91. The first-order valence-electron chi connectivity index (χ1n) is 8.62. The molecule has 1 saturated carbocycles. The number of amides is 1. The number of carboxylic acid groups (broad SMARTS) is 1. The van der Waals surface area contributed by atoms with Crippen molar-refractivity contribution in [2.45, 2.75) is 25.4 Å². The fourth-order valence-electron chi connectivity index (χ4n) is 3.53. The van der Waals surface area contributed by atoms with E-state index in [2.05, 4.69) is 0 Å². The van der Waals surface area contributed by atoms with Crippen molar-refractivity contribution in [3.63, 3.8) is 0 Å². The number of rotatable bonds is 6. The van der Waals surface area contributed by atoms with Crippen LogP contribution in [-0.4, -0.2) is 54.4 Å². The molecule has 1 aromatic rings. The summed E-state index contributed by atoms with van der Waals surface area (Å²) in [6.45, 7) is -0.849. The molecule has 27 heavy (non-hydrogen) atoms. The quantitative estimate of drug-likeness (QED) is 0.812. The van der Waals surface area contributed by atoms with E-state index in [0.717, 1.165) is 0 Å². The van der Waals surface area contributed by atoms with Gasteiger partial charge in [-0.2, -0.15) is 13.2 Å². The third-order valence-electron chi connectivity index (χ3n) is 5.19. The molecular formula is C18H20F3NO5. The molecule has 2 fully saturated rings. The summed E-state index contributed by atoms with van der Waals surface area (Å²) in [6.07, 6.45) is -2.53. The first-order chi connectivity index (χ1) is 12.7. The minimum absolute atomic E-state index is 0.0664. The number of nitrogens with zero attached hydrogens (tertiary/aromatic N) is 1. The molecule has 1 aliphatic carbocycles. The van der Waals surface area contributed by atoms with Gasteiger partial charge in [-0.25, -0.2) is 0 Å². The van der Waals surface area contributed by atoms with Crippen LogP contribution in [0, 0.1) is 11.3 Å². The van der Waals surface area contributed by atoms with Gasteiger partial charge in [0.1, 0.15) is 0 Å². The van der Waals surface area contributed by atoms with Gasteiger partial charge in [-0.05, 0) is 36.8 Å². The Bertz CT molecular complexity index is 713. The number of hydrogen-bond donors (Lipinski definition) is 1. The van der Waals surface area contributed by atoms with Gasteiger partial charge in [0.05, 0.1) is 5.92 Å². The summed E-state index contributed by atoms with van der Waals surface area (Å²) in [5, 5.41) is 9.09. The van der Waals surface area contributed by atoms with E-state index in [4.69, 9.17) is 14.6 Å². The number of hydrogen-bond acceptors (Lipinski definition) is 4.